The maximum absolute atomic E-state index is 12.2. The maximum Gasteiger partial charge on any atom is 0.307 e. The van der Waals surface area contributed by atoms with Gasteiger partial charge in [-0.05, 0) is 24.0 Å². The second-order valence-electron chi connectivity index (χ2n) is 5.03. The van der Waals surface area contributed by atoms with Crippen LogP contribution in [0.1, 0.15) is 24.0 Å². The van der Waals surface area contributed by atoms with E-state index in [1.54, 1.807) is 24.3 Å². The van der Waals surface area contributed by atoms with Gasteiger partial charge in [-0.2, -0.15) is 0 Å². The van der Waals surface area contributed by atoms with Crippen molar-refractivity contribution in [2.24, 2.45) is 0 Å². The third kappa shape index (κ3) is 4.31. The number of carbonyl (C=O) groups is 1. The van der Waals surface area contributed by atoms with E-state index in [-0.39, 0.29) is 24.0 Å². The number of hydrogen-bond donors (Lipinski definition) is 1. The average molecular weight is 298 g/mol. The van der Waals surface area contributed by atoms with Crippen LogP contribution in [0, 0.1) is 0 Å². The Balaban J connectivity index is 2.09. The van der Waals surface area contributed by atoms with Crippen molar-refractivity contribution in [2.45, 2.75) is 31.1 Å². The van der Waals surface area contributed by atoms with Crippen molar-refractivity contribution < 1.29 is 23.1 Å². The average Bonchev–Trinajstić information content (AvgIpc) is 2.82. The molecule has 0 bridgehead atoms. The van der Waals surface area contributed by atoms with E-state index in [0.717, 1.165) is 12.8 Å². The molecule has 0 aliphatic carbocycles. The van der Waals surface area contributed by atoms with Gasteiger partial charge in [0.15, 0.2) is 9.84 Å². The summed E-state index contributed by atoms with van der Waals surface area (Å²) in [7, 11) is -3.29. The zero-order valence-corrected chi connectivity index (χ0v) is 11.9. The van der Waals surface area contributed by atoms with Gasteiger partial charge in [0.05, 0.1) is 24.0 Å². The van der Waals surface area contributed by atoms with Crippen LogP contribution in [0.4, 0.5) is 0 Å². The Morgan fingerprint density at radius 3 is 2.60 bits per heavy atom. The fourth-order valence-corrected chi connectivity index (χ4v) is 4.09. The summed E-state index contributed by atoms with van der Waals surface area (Å²) in [6.07, 6.45) is 1.30. The molecule has 1 heterocycles. The van der Waals surface area contributed by atoms with Crippen LogP contribution < -0.4 is 0 Å². The molecule has 0 radical (unpaired) electrons. The van der Waals surface area contributed by atoms with Gasteiger partial charge in [-0.1, -0.05) is 24.3 Å². The van der Waals surface area contributed by atoms with E-state index in [4.69, 9.17) is 9.84 Å². The van der Waals surface area contributed by atoms with Crippen LogP contribution in [0.2, 0.25) is 0 Å². The van der Waals surface area contributed by atoms with Gasteiger partial charge in [0, 0.05) is 6.61 Å². The Labute approximate surface area is 118 Å². The number of sulfone groups is 1. The first-order chi connectivity index (χ1) is 9.46. The third-order valence-electron chi connectivity index (χ3n) is 3.30. The van der Waals surface area contributed by atoms with E-state index in [1.165, 1.54) is 0 Å². The lowest BCUT2D eigenvalue weighted by atomic mass is 10.1. The van der Waals surface area contributed by atoms with E-state index >= 15 is 0 Å². The molecular weight excluding hydrogens is 280 g/mol. The van der Waals surface area contributed by atoms with E-state index in [2.05, 4.69) is 0 Å². The van der Waals surface area contributed by atoms with E-state index in [0.29, 0.717) is 17.7 Å². The molecule has 1 unspecified atom stereocenters. The Bertz CT molecular complexity index is 573. The molecule has 1 saturated heterocycles. The molecule has 1 N–H and O–H groups in total. The Kier molecular flexibility index (Phi) is 4.77. The number of rotatable bonds is 6. The van der Waals surface area contributed by atoms with Gasteiger partial charge in [0.1, 0.15) is 0 Å². The second kappa shape index (κ2) is 6.37. The number of benzene rings is 1. The van der Waals surface area contributed by atoms with E-state index < -0.39 is 15.8 Å². The Morgan fingerprint density at radius 2 is 2.00 bits per heavy atom. The summed E-state index contributed by atoms with van der Waals surface area (Å²) in [5.41, 5.74) is 1.11. The monoisotopic (exact) mass is 298 g/mol. The summed E-state index contributed by atoms with van der Waals surface area (Å²) >= 11 is 0. The highest BCUT2D eigenvalue weighted by Crippen LogP contribution is 2.18. The summed E-state index contributed by atoms with van der Waals surface area (Å²) < 4.78 is 29.7. The number of carboxylic acid groups (broad SMARTS) is 1. The number of hydrogen-bond acceptors (Lipinski definition) is 4. The molecule has 1 atom stereocenters. The highest BCUT2D eigenvalue weighted by molar-refractivity contribution is 7.90. The molecule has 1 fully saturated rings. The van der Waals surface area contributed by atoms with Crippen molar-refractivity contribution >= 4 is 15.8 Å². The Morgan fingerprint density at radius 1 is 1.30 bits per heavy atom. The van der Waals surface area contributed by atoms with Crippen molar-refractivity contribution in [3.63, 3.8) is 0 Å². The van der Waals surface area contributed by atoms with Crippen LogP contribution in [0.3, 0.4) is 0 Å². The molecule has 20 heavy (non-hydrogen) atoms. The first-order valence-electron chi connectivity index (χ1n) is 6.57. The normalized spacial score (nSPS) is 19.1. The molecule has 110 valence electrons. The second-order valence-corrected chi connectivity index (χ2v) is 7.14. The predicted molar refractivity (Wildman–Crippen MR) is 74.2 cm³/mol. The number of aliphatic carboxylic acids is 1. The smallest absolute Gasteiger partial charge is 0.307 e. The maximum atomic E-state index is 12.2. The van der Waals surface area contributed by atoms with Crippen LogP contribution in [0.15, 0.2) is 24.3 Å². The molecule has 1 aliphatic heterocycles. The molecule has 1 aromatic rings. The standard InChI is InChI=1S/C14H18O5S/c15-14(16)8-11-4-1-2-5-12(11)9-20(17,18)10-13-6-3-7-19-13/h1-2,4-5,13H,3,6-10H2,(H,15,16). The van der Waals surface area contributed by atoms with Crippen molar-refractivity contribution in [3.8, 4) is 0 Å². The SMILES string of the molecule is O=C(O)Cc1ccccc1CS(=O)(=O)CC1CCCO1. The number of ether oxygens (including phenoxy) is 1. The van der Waals surface area contributed by atoms with Crippen molar-refractivity contribution in [1.82, 2.24) is 0 Å². The molecule has 0 spiro atoms. The van der Waals surface area contributed by atoms with Gasteiger partial charge in [-0.3, -0.25) is 4.79 Å². The zero-order chi connectivity index (χ0) is 14.6. The van der Waals surface area contributed by atoms with Crippen LogP contribution in [-0.2, 0) is 31.5 Å². The number of carboxylic acids is 1. The molecule has 2 rings (SSSR count). The molecule has 1 aromatic carbocycles. The van der Waals surface area contributed by atoms with Gasteiger partial charge < -0.3 is 9.84 Å². The first-order valence-corrected chi connectivity index (χ1v) is 8.39. The third-order valence-corrected chi connectivity index (χ3v) is 4.93. The van der Waals surface area contributed by atoms with Gasteiger partial charge in [-0.15, -0.1) is 0 Å². The van der Waals surface area contributed by atoms with Crippen LogP contribution in [0.25, 0.3) is 0 Å². The summed E-state index contributed by atoms with van der Waals surface area (Å²) in [6, 6.07) is 6.77. The fraction of sp³-hybridized carbons (Fsp3) is 0.500. The minimum Gasteiger partial charge on any atom is -0.481 e. The molecular formula is C14H18O5S. The fourth-order valence-electron chi connectivity index (χ4n) is 2.39. The van der Waals surface area contributed by atoms with Gasteiger partial charge in [0.2, 0.25) is 0 Å². The topological polar surface area (TPSA) is 80.7 Å². The van der Waals surface area contributed by atoms with Crippen LogP contribution in [0.5, 0.6) is 0 Å². The lowest BCUT2D eigenvalue weighted by Crippen LogP contribution is -2.22. The molecule has 6 heteroatoms. The minimum atomic E-state index is -3.29. The van der Waals surface area contributed by atoms with Gasteiger partial charge >= 0.3 is 5.97 Å². The first kappa shape index (κ1) is 15.0. The lowest BCUT2D eigenvalue weighted by Gasteiger charge is -2.12. The Hall–Kier alpha value is -1.40. The summed E-state index contributed by atoms with van der Waals surface area (Å²) in [6.45, 7) is 0.621. The highest BCUT2D eigenvalue weighted by atomic mass is 32.2. The lowest BCUT2D eigenvalue weighted by molar-refractivity contribution is -0.136. The molecule has 0 saturated carbocycles. The van der Waals surface area contributed by atoms with E-state index in [9.17, 15) is 13.2 Å². The van der Waals surface area contributed by atoms with Gasteiger partial charge in [0.25, 0.3) is 0 Å². The molecule has 0 aromatic heterocycles. The van der Waals surface area contributed by atoms with Gasteiger partial charge in [-0.25, -0.2) is 8.42 Å². The summed E-state index contributed by atoms with van der Waals surface area (Å²) in [5.74, 6) is -1.08. The summed E-state index contributed by atoms with van der Waals surface area (Å²) in [5, 5.41) is 8.85. The van der Waals surface area contributed by atoms with E-state index in [1.807, 2.05) is 0 Å². The molecule has 5 nitrogen and oxygen atoms in total. The predicted octanol–water partition coefficient (Wildman–Crippen LogP) is 1.41. The summed E-state index contributed by atoms with van der Waals surface area (Å²) in [4.78, 5) is 10.8. The van der Waals surface area contributed by atoms with Crippen molar-refractivity contribution in [3.05, 3.63) is 35.4 Å². The quantitative estimate of drug-likeness (QED) is 0.858. The minimum absolute atomic E-state index is 0.00834. The zero-order valence-electron chi connectivity index (χ0n) is 11.1. The van der Waals surface area contributed by atoms with Crippen molar-refractivity contribution in [2.75, 3.05) is 12.4 Å². The molecule has 0 amide bonds. The highest BCUT2D eigenvalue weighted by Gasteiger charge is 2.24. The molecule has 1 aliphatic rings. The van der Waals surface area contributed by atoms with Crippen LogP contribution >= 0.6 is 0 Å². The largest absolute Gasteiger partial charge is 0.481 e. The van der Waals surface area contributed by atoms with Crippen molar-refractivity contribution in [1.29, 1.82) is 0 Å². The van der Waals surface area contributed by atoms with Crippen LogP contribution in [-0.4, -0.2) is 38.0 Å².